The summed E-state index contributed by atoms with van der Waals surface area (Å²) in [4.78, 5) is 16.2. The first-order valence-corrected chi connectivity index (χ1v) is 6.40. The minimum absolute atomic E-state index is 0.367. The van der Waals surface area contributed by atoms with Gasteiger partial charge in [-0.1, -0.05) is 12.1 Å². The molecule has 0 fully saturated rings. The van der Waals surface area contributed by atoms with Gasteiger partial charge in [0.15, 0.2) is 0 Å². The van der Waals surface area contributed by atoms with Crippen LogP contribution in [0.2, 0.25) is 0 Å². The molecule has 2 aromatic rings. The highest BCUT2D eigenvalue weighted by molar-refractivity contribution is 5.89. The van der Waals surface area contributed by atoms with Gasteiger partial charge >= 0.3 is 5.97 Å². The van der Waals surface area contributed by atoms with Gasteiger partial charge in [-0.15, -0.1) is 0 Å². The Morgan fingerprint density at radius 1 is 1.10 bits per heavy atom. The van der Waals surface area contributed by atoms with Crippen molar-refractivity contribution < 1.29 is 9.53 Å². The number of aromatic nitrogens is 1. The number of carbonyl (C=O) groups is 1. The lowest BCUT2D eigenvalue weighted by Crippen LogP contribution is -2.23. The van der Waals surface area contributed by atoms with Crippen LogP contribution in [0.4, 0.5) is 5.69 Å². The maximum absolute atomic E-state index is 11.9. The summed E-state index contributed by atoms with van der Waals surface area (Å²) >= 11 is 0. The molecule has 0 aliphatic heterocycles. The van der Waals surface area contributed by atoms with Gasteiger partial charge in [-0.3, -0.25) is 4.98 Å². The quantitative estimate of drug-likeness (QED) is 0.671. The Labute approximate surface area is 118 Å². The Hall–Kier alpha value is -2.36. The molecule has 4 nitrogen and oxygen atoms in total. The molecule has 0 bridgehead atoms. The summed E-state index contributed by atoms with van der Waals surface area (Å²) in [5.74, 6) is -0.367. The Bertz CT molecular complexity index is 596. The molecule has 2 rings (SSSR count). The third-order valence-electron chi connectivity index (χ3n) is 2.60. The van der Waals surface area contributed by atoms with E-state index in [4.69, 9.17) is 10.5 Å². The molecule has 0 aliphatic rings. The summed E-state index contributed by atoms with van der Waals surface area (Å²) in [6.45, 7) is 5.50. The molecule has 20 heavy (non-hydrogen) atoms. The number of nitrogens with zero attached hydrogens (tertiary/aromatic N) is 1. The lowest BCUT2D eigenvalue weighted by molar-refractivity contribution is 0.00691. The summed E-state index contributed by atoms with van der Waals surface area (Å²) < 4.78 is 5.29. The molecule has 0 radical (unpaired) electrons. The molecule has 0 aliphatic carbocycles. The van der Waals surface area contributed by atoms with Crippen LogP contribution in [0.15, 0.2) is 42.6 Å². The van der Waals surface area contributed by atoms with Crippen molar-refractivity contribution in [3.8, 4) is 11.3 Å². The molecule has 0 saturated carbocycles. The van der Waals surface area contributed by atoms with E-state index in [-0.39, 0.29) is 5.97 Å². The number of benzene rings is 1. The van der Waals surface area contributed by atoms with Crippen molar-refractivity contribution in [2.75, 3.05) is 5.73 Å². The fourth-order valence-corrected chi connectivity index (χ4v) is 1.68. The number of carbonyl (C=O) groups excluding carboxylic acids is 1. The smallest absolute Gasteiger partial charge is 0.340 e. The Morgan fingerprint density at radius 2 is 1.75 bits per heavy atom. The van der Waals surface area contributed by atoms with E-state index in [1.165, 1.54) is 6.20 Å². The Balaban J connectivity index is 2.18. The zero-order valence-corrected chi connectivity index (χ0v) is 11.9. The largest absolute Gasteiger partial charge is 0.456 e. The lowest BCUT2D eigenvalue weighted by atomic mass is 10.1. The van der Waals surface area contributed by atoms with Gasteiger partial charge in [0.25, 0.3) is 0 Å². The Kier molecular flexibility index (Phi) is 3.74. The number of nitrogen functional groups attached to an aromatic ring is 1. The van der Waals surface area contributed by atoms with Crippen LogP contribution < -0.4 is 5.73 Å². The summed E-state index contributed by atoms with van der Waals surface area (Å²) in [6.07, 6.45) is 1.53. The molecule has 2 N–H and O–H groups in total. The minimum Gasteiger partial charge on any atom is -0.456 e. The molecular formula is C16H18N2O2. The zero-order chi connectivity index (χ0) is 14.8. The second-order valence-corrected chi connectivity index (χ2v) is 5.56. The van der Waals surface area contributed by atoms with Crippen molar-refractivity contribution in [3.63, 3.8) is 0 Å². The predicted molar refractivity (Wildman–Crippen MR) is 79.3 cm³/mol. The van der Waals surface area contributed by atoms with Crippen molar-refractivity contribution in [1.29, 1.82) is 0 Å². The molecule has 0 atom stereocenters. The topological polar surface area (TPSA) is 65.2 Å². The van der Waals surface area contributed by atoms with Crippen LogP contribution in [0, 0.1) is 0 Å². The maximum atomic E-state index is 11.9. The molecule has 0 spiro atoms. The van der Waals surface area contributed by atoms with Gasteiger partial charge in [0.05, 0.1) is 11.3 Å². The first kappa shape index (κ1) is 14.1. The van der Waals surface area contributed by atoms with Crippen LogP contribution in [-0.2, 0) is 4.74 Å². The van der Waals surface area contributed by atoms with Crippen molar-refractivity contribution in [2.45, 2.75) is 26.4 Å². The molecule has 104 valence electrons. The first-order chi connectivity index (χ1) is 9.35. The monoisotopic (exact) mass is 270 g/mol. The van der Waals surface area contributed by atoms with Crippen LogP contribution in [0.3, 0.4) is 0 Å². The van der Waals surface area contributed by atoms with Crippen LogP contribution in [-0.4, -0.2) is 16.6 Å². The van der Waals surface area contributed by atoms with Crippen molar-refractivity contribution >= 4 is 11.7 Å². The van der Waals surface area contributed by atoms with E-state index in [1.807, 2.05) is 45.0 Å². The number of hydrogen-bond donors (Lipinski definition) is 1. The van der Waals surface area contributed by atoms with Crippen molar-refractivity contribution in [3.05, 3.63) is 48.2 Å². The molecule has 1 aromatic heterocycles. The third kappa shape index (κ3) is 3.57. The molecular weight excluding hydrogens is 252 g/mol. The van der Waals surface area contributed by atoms with Crippen LogP contribution in [0.5, 0.6) is 0 Å². The van der Waals surface area contributed by atoms with Gasteiger partial charge in [0, 0.05) is 17.4 Å². The van der Waals surface area contributed by atoms with Gasteiger partial charge in [0.1, 0.15) is 5.60 Å². The number of esters is 1. The van der Waals surface area contributed by atoms with Crippen LogP contribution in [0.25, 0.3) is 11.3 Å². The number of ether oxygens (including phenoxy) is 1. The van der Waals surface area contributed by atoms with E-state index in [9.17, 15) is 4.79 Å². The van der Waals surface area contributed by atoms with E-state index in [0.717, 1.165) is 11.3 Å². The third-order valence-corrected chi connectivity index (χ3v) is 2.60. The van der Waals surface area contributed by atoms with Gasteiger partial charge in [0.2, 0.25) is 0 Å². The fraction of sp³-hybridized carbons (Fsp3) is 0.250. The van der Waals surface area contributed by atoms with Gasteiger partial charge in [-0.25, -0.2) is 4.79 Å². The van der Waals surface area contributed by atoms with E-state index >= 15 is 0 Å². The number of rotatable bonds is 2. The van der Waals surface area contributed by atoms with E-state index in [0.29, 0.717) is 11.3 Å². The summed E-state index contributed by atoms with van der Waals surface area (Å²) in [7, 11) is 0. The lowest BCUT2D eigenvalue weighted by Gasteiger charge is -2.19. The number of hydrogen-bond acceptors (Lipinski definition) is 4. The maximum Gasteiger partial charge on any atom is 0.340 e. The van der Waals surface area contributed by atoms with Gasteiger partial charge in [-0.05, 0) is 45.0 Å². The Morgan fingerprint density at radius 3 is 2.25 bits per heavy atom. The van der Waals surface area contributed by atoms with Crippen LogP contribution >= 0.6 is 0 Å². The average Bonchev–Trinajstić information content (AvgIpc) is 2.38. The molecule has 0 saturated heterocycles. The molecule has 4 heteroatoms. The summed E-state index contributed by atoms with van der Waals surface area (Å²) in [5.41, 5.74) is 8.03. The standard InChI is InChI=1S/C16H18N2O2/c1-16(2,3)20-15(19)12-6-9-14(18-10-12)11-4-7-13(17)8-5-11/h4-10H,17H2,1-3H3. The number of anilines is 1. The van der Waals surface area contributed by atoms with Crippen LogP contribution in [0.1, 0.15) is 31.1 Å². The molecule has 1 aromatic carbocycles. The fourth-order valence-electron chi connectivity index (χ4n) is 1.68. The predicted octanol–water partition coefficient (Wildman–Crippen LogP) is 3.29. The van der Waals surface area contributed by atoms with E-state index < -0.39 is 5.60 Å². The first-order valence-electron chi connectivity index (χ1n) is 6.40. The number of nitrogens with two attached hydrogens (primary N) is 1. The second kappa shape index (κ2) is 5.33. The average molecular weight is 270 g/mol. The highest BCUT2D eigenvalue weighted by atomic mass is 16.6. The number of pyridine rings is 1. The SMILES string of the molecule is CC(C)(C)OC(=O)c1ccc(-c2ccc(N)cc2)nc1. The molecule has 1 heterocycles. The minimum atomic E-state index is -0.507. The van der Waals surface area contributed by atoms with E-state index in [2.05, 4.69) is 4.98 Å². The van der Waals surface area contributed by atoms with Crippen molar-refractivity contribution in [1.82, 2.24) is 4.98 Å². The van der Waals surface area contributed by atoms with Crippen molar-refractivity contribution in [2.24, 2.45) is 0 Å². The van der Waals surface area contributed by atoms with Gasteiger partial charge in [-0.2, -0.15) is 0 Å². The van der Waals surface area contributed by atoms with E-state index in [1.54, 1.807) is 12.1 Å². The normalized spacial score (nSPS) is 11.2. The highest BCUT2D eigenvalue weighted by Gasteiger charge is 2.18. The molecule has 0 unspecified atom stereocenters. The highest BCUT2D eigenvalue weighted by Crippen LogP contribution is 2.19. The molecule has 0 amide bonds. The van der Waals surface area contributed by atoms with Gasteiger partial charge < -0.3 is 10.5 Å². The summed E-state index contributed by atoms with van der Waals surface area (Å²) in [6, 6.07) is 10.9. The second-order valence-electron chi connectivity index (χ2n) is 5.56. The summed E-state index contributed by atoms with van der Waals surface area (Å²) in [5, 5.41) is 0. The zero-order valence-electron chi connectivity index (χ0n) is 11.9.